The molecule has 0 saturated carbocycles. The van der Waals surface area contributed by atoms with Gasteiger partial charge in [-0.25, -0.2) is 0 Å². The topological polar surface area (TPSA) is 116 Å². The standard InChI is InChI=1S/C25H30O10/c1-4-5-22-29-12-21-24(35-22)25(33-15(3)27)23(32-14(2)26)20(34-21)11-17(28)8-6-16-7-9-18-19(10-16)31-13-30-18/h6-10,20-25H,4-5,11-13H2,1-3H3/b8-6+/t20-,21+,22?,23-,24+,25+/m0/s1. The van der Waals surface area contributed by atoms with Crippen molar-refractivity contribution in [1.29, 1.82) is 0 Å². The second-order valence-corrected chi connectivity index (χ2v) is 8.63. The van der Waals surface area contributed by atoms with Crippen molar-refractivity contribution in [2.75, 3.05) is 13.4 Å². The van der Waals surface area contributed by atoms with E-state index in [0.29, 0.717) is 17.9 Å². The van der Waals surface area contributed by atoms with E-state index >= 15 is 0 Å². The Kier molecular flexibility index (Phi) is 8.04. The van der Waals surface area contributed by atoms with Crippen molar-refractivity contribution in [2.24, 2.45) is 0 Å². The molecular weight excluding hydrogens is 460 g/mol. The molecule has 0 aromatic heterocycles. The van der Waals surface area contributed by atoms with Gasteiger partial charge >= 0.3 is 11.9 Å². The zero-order chi connectivity index (χ0) is 24.9. The van der Waals surface area contributed by atoms with Crippen LogP contribution >= 0.6 is 0 Å². The molecule has 3 aliphatic rings. The van der Waals surface area contributed by atoms with Crippen LogP contribution in [0, 0.1) is 0 Å². The lowest BCUT2D eigenvalue weighted by molar-refractivity contribution is -0.327. The molecule has 6 atom stereocenters. The third-order valence-corrected chi connectivity index (χ3v) is 5.87. The molecule has 0 bridgehead atoms. The zero-order valence-corrected chi connectivity index (χ0v) is 20.0. The minimum absolute atomic E-state index is 0.0988. The summed E-state index contributed by atoms with van der Waals surface area (Å²) in [5.41, 5.74) is 0.762. The Morgan fingerprint density at radius 1 is 1.03 bits per heavy atom. The Labute approximate surface area is 203 Å². The van der Waals surface area contributed by atoms with Gasteiger partial charge in [-0.05, 0) is 30.2 Å². The van der Waals surface area contributed by atoms with Crippen molar-refractivity contribution in [1.82, 2.24) is 0 Å². The van der Waals surface area contributed by atoms with Crippen LogP contribution < -0.4 is 9.47 Å². The summed E-state index contributed by atoms with van der Waals surface area (Å²) < 4.78 is 39.6. The highest BCUT2D eigenvalue weighted by molar-refractivity contribution is 5.94. The van der Waals surface area contributed by atoms with Gasteiger partial charge in [0.1, 0.15) is 18.3 Å². The van der Waals surface area contributed by atoms with Crippen LogP contribution in [0.15, 0.2) is 24.3 Å². The van der Waals surface area contributed by atoms with Gasteiger partial charge in [-0.15, -0.1) is 0 Å². The van der Waals surface area contributed by atoms with E-state index in [1.54, 1.807) is 24.3 Å². The molecule has 2 saturated heterocycles. The first-order valence-corrected chi connectivity index (χ1v) is 11.7. The molecule has 0 amide bonds. The minimum atomic E-state index is -1.01. The molecule has 1 aromatic carbocycles. The first kappa shape index (κ1) is 25.2. The fraction of sp³-hybridized carbons (Fsp3) is 0.560. The van der Waals surface area contributed by atoms with E-state index in [2.05, 4.69) is 0 Å². The molecule has 1 unspecified atom stereocenters. The van der Waals surface area contributed by atoms with Gasteiger partial charge in [0.25, 0.3) is 0 Å². The van der Waals surface area contributed by atoms with Crippen LogP contribution in [0.25, 0.3) is 6.08 Å². The van der Waals surface area contributed by atoms with Gasteiger partial charge in [-0.1, -0.05) is 25.5 Å². The fourth-order valence-corrected chi connectivity index (χ4v) is 4.39. The third-order valence-electron chi connectivity index (χ3n) is 5.87. The van der Waals surface area contributed by atoms with Crippen LogP contribution in [-0.2, 0) is 38.1 Å². The summed E-state index contributed by atoms with van der Waals surface area (Å²) >= 11 is 0. The number of allylic oxidation sites excluding steroid dienone is 1. The summed E-state index contributed by atoms with van der Waals surface area (Å²) in [4.78, 5) is 36.6. The molecular formula is C25H30O10. The molecule has 0 spiro atoms. The largest absolute Gasteiger partial charge is 0.456 e. The Hall–Kier alpha value is -2.95. The van der Waals surface area contributed by atoms with E-state index in [1.807, 2.05) is 6.92 Å². The minimum Gasteiger partial charge on any atom is -0.456 e. The molecule has 4 rings (SSSR count). The second kappa shape index (κ2) is 11.2. The molecule has 0 N–H and O–H groups in total. The maximum absolute atomic E-state index is 12.8. The number of hydrogen-bond acceptors (Lipinski definition) is 10. The Balaban J connectivity index is 1.50. The fourth-order valence-electron chi connectivity index (χ4n) is 4.39. The van der Waals surface area contributed by atoms with Crippen molar-refractivity contribution < 1.29 is 47.5 Å². The normalized spacial score (nSPS) is 29.5. The Bertz CT molecular complexity index is 973. The molecule has 190 valence electrons. The van der Waals surface area contributed by atoms with Gasteiger partial charge in [0.2, 0.25) is 6.79 Å². The van der Waals surface area contributed by atoms with Crippen LogP contribution in [0.5, 0.6) is 11.5 Å². The molecule has 10 nitrogen and oxygen atoms in total. The number of fused-ring (bicyclic) bond motifs is 2. The van der Waals surface area contributed by atoms with E-state index in [4.69, 9.17) is 33.2 Å². The first-order valence-electron chi connectivity index (χ1n) is 11.7. The number of ether oxygens (including phenoxy) is 7. The summed E-state index contributed by atoms with van der Waals surface area (Å²) in [6, 6.07) is 5.35. The summed E-state index contributed by atoms with van der Waals surface area (Å²) in [5, 5.41) is 0. The lowest BCUT2D eigenvalue weighted by Gasteiger charge is -2.48. The predicted molar refractivity (Wildman–Crippen MR) is 121 cm³/mol. The Morgan fingerprint density at radius 3 is 2.51 bits per heavy atom. The number of hydrogen-bond donors (Lipinski definition) is 0. The highest BCUT2D eigenvalue weighted by Gasteiger charge is 2.53. The summed E-state index contributed by atoms with van der Waals surface area (Å²) in [6.45, 7) is 4.89. The maximum atomic E-state index is 12.8. The molecule has 2 fully saturated rings. The van der Waals surface area contributed by atoms with Crippen molar-refractivity contribution in [3.63, 3.8) is 0 Å². The Morgan fingerprint density at radius 2 is 1.77 bits per heavy atom. The quantitative estimate of drug-likeness (QED) is 0.398. The smallest absolute Gasteiger partial charge is 0.303 e. The van der Waals surface area contributed by atoms with Crippen LogP contribution in [0.4, 0.5) is 0 Å². The third kappa shape index (κ3) is 6.19. The van der Waals surface area contributed by atoms with E-state index < -0.39 is 48.7 Å². The second-order valence-electron chi connectivity index (χ2n) is 8.63. The number of ketones is 1. The summed E-state index contributed by atoms with van der Waals surface area (Å²) in [5.74, 6) is -0.134. The average molecular weight is 491 g/mol. The summed E-state index contributed by atoms with van der Waals surface area (Å²) in [7, 11) is 0. The van der Waals surface area contributed by atoms with E-state index in [1.165, 1.54) is 19.9 Å². The molecule has 3 heterocycles. The molecule has 10 heteroatoms. The maximum Gasteiger partial charge on any atom is 0.303 e. The number of benzene rings is 1. The molecule has 3 aliphatic heterocycles. The molecule has 0 radical (unpaired) electrons. The summed E-state index contributed by atoms with van der Waals surface area (Å²) in [6.07, 6.45) is -0.0988. The zero-order valence-electron chi connectivity index (χ0n) is 20.0. The first-order chi connectivity index (χ1) is 16.8. The highest BCUT2D eigenvalue weighted by Crippen LogP contribution is 2.35. The molecule has 1 aromatic rings. The average Bonchev–Trinajstić information content (AvgIpc) is 3.28. The van der Waals surface area contributed by atoms with Gasteiger partial charge in [-0.3, -0.25) is 14.4 Å². The van der Waals surface area contributed by atoms with Gasteiger partial charge in [-0.2, -0.15) is 0 Å². The lowest BCUT2D eigenvalue weighted by Crippen LogP contribution is -2.64. The van der Waals surface area contributed by atoms with Crippen LogP contribution in [-0.4, -0.2) is 67.9 Å². The van der Waals surface area contributed by atoms with Gasteiger partial charge in [0.05, 0.1) is 6.61 Å². The van der Waals surface area contributed by atoms with Crippen LogP contribution in [0.1, 0.15) is 45.6 Å². The predicted octanol–water partition coefficient (Wildman–Crippen LogP) is 2.56. The van der Waals surface area contributed by atoms with Crippen molar-refractivity contribution in [3.05, 3.63) is 29.8 Å². The van der Waals surface area contributed by atoms with Gasteiger partial charge in [0.15, 0.2) is 35.8 Å². The SMILES string of the molecule is CCCC1OC[C@H]2O[C@@H](CC(=O)/C=C/c3ccc4c(c3)OCO4)[C@H](OC(C)=O)[C@@H](OC(C)=O)[C@@H]2O1. The highest BCUT2D eigenvalue weighted by atomic mass is 16.7. The van der Waals surface area contributed by atoms with Crippen molar-refractivity contribution >= 4 is 23.8 Å². The van der Waals surface area contributed by atoms with E-state index in [0.717, 1.165) is 12.0 Å². The van der Waals surface area contributed by atoms with Gasteiger partial charge < -0.3 is 33.2 Å². The van der Waals surface area contributed by atoms with Crippen molar-refractivity contribution in [2.45, 2.75) is 76.8 Å². The molecule has 35 heavy (non-hydrogen) atoms. The number of rotatable bonds is 8. The number of esters is 2. The van der Waals surface area contributed by atoms with Crippen LogP contribution in [0.3, 0.4) is 0 Å². The number of carbonyl (C=O) groups is 3. The van der Waals surface area contributed by atoms with Crippen molar-refractivity contribution in [3.8, 4) is 11.5 Å². The van der Waals surface area contributed by atoms with E-state index in [-0.39, 0.29) is 25.6 Å². The van der Waals surface area contributed by atoms with Gasteiger partial charge in [0, 0.05) is 20.3 Å². The monoisotopic (exact) mass is 490 g/mol. The molecule has 0 aliphatic carbocycles. The van der Waals surface area contributed by atoms with E-state index in [9.17, 15) is 14.4 Å². The van der Waals surface area contributed by atoms with Crippen LogP contribution in [0.2, 0.25) is 0 Å². The number of carbonyl (C=O) groups excluding carboxylic acids is 3. The lowest BCUT2D eigenvalue weighted by atomic mass is 9.91.